The van der Waals surface area contributed by atoms with Gasteiger partial charge in [-0.1, -0.05) is 34.7 Å². The molecule has 0 bridgehead atoms. The first kappa shape index (κ1) is 22.1. The predicted molar refractivity (Wildman–Crippen MR) is 117 cm³/mol. The lowest BCUT2D eigenvalue weighted by atomic mass is 10.0. The van der Waals surface area contributed by atoms with E-state index in [0.717, 1.165) is 9.35 Å². The highest BCUT2D eigenvalue weighted by molar-refractivity contribution is 8.01. The van der Waals surface area contributed by atoms with Crippen molar-refractivity contribution in [3.05, 3.63) is 32.7 Å². The van der Waals surface area contributed by atoms with Crippen LogP contribution in [0.4, 0.5) is 0 Å². The number of carbonyl (C=O) groups is 3. The highest BCUT2D eigenvalue weighted by Crippen LogP contribution is 2.42. The van der Waals surface area contributed by atoms with Gasteiger partial charge in [-0.05, 0) is 19.4 Å². The fraction of sp³-hybridized carbons (Fsp3) is 0.412. The molecule has 2 N–H and O–H groups in total. The summed E-state index contributed by atoms with van der Waals surface area (Å²) in [6.07, 6.45) is 0. The number of hydrogen-bond donors (Lipinski definition) is 2. The maximum Gasteiger partial charge on any atom is 0.352 e. The molecular formula is C17H17ClN6O4S3. The molecule has 0 radical (unpaired) electrons. The number of aromatic nitrogens is 4. The fourth-order valence-corrected chi connectivity index (χ4v) is 6.91. The van der Waals surface area contributed by atoms with E-state index in [1.807, 2.05) is 6.92 Å². The van der Waals surface area contributed by atoms with E-state index in [9.17, 15) is 19.5 Å². The van der Waals surface area contributed by atoms with Crippen LogP contribution in [0.3, 0.4) is 0 Å². The molecular weight excluding hydrogens is 484 g/mol. The second-order valence-corrected chi connectivity index (χ2v) is 10.8. The van der Waals surface area contributed by atoms with Crippen molar-refractivity contribution in [2.24, 2.45) is 7.05 Å². The number of carboxylic acids is 1. The standard InChI is InChI=1S/C17H17ClN6O4S3/c1-6-9(18)12(23(3)22-6)13(25)19-10-14(26)24-11(16(27)28)8(4-29-15(10)24)5-30-17-21-20-7(2)31-17/h10,15H,4-5H2,1-3H3,(H,19,25)(H,27,28)/t10-,15+/m1/s1. The van der Waals surface area contributed by atoms with Gasteiger partial charge in [0.1, 0.15) is 27.8 Å². The van der Waals surface area contributed by atoms with E-state index in [2.05, 4.69) is 20.6 Å². The molecule has 164 valence electrons. The van der Waals surface area contributed by atoms with Gasteiger partial charge in [0.25, 0.3) is 11.8 Å². The number of amides is 2. The first-order valence-corrected chi connectivity index (χ1v) is 12.2. The molecule has 10 nitrogen and oxygen atoms in total. The van der Waals surface area contributed by atoms with Crippen molar-refractivity contribution in [1.82, 2.24) is 30.2 Å². The van der Waals surface area contributed by atoms with Gasteiger partial charge in [0, 0.05) is 18.6 Å². The number of hydrogen-bond acceptors (Lipinski definition) is 9. The second kappa shape index (κ2) is 8.45. The molecule has 4 rings (SSSR count). The molecule has 4 heterocycles. The van der Waals surface area contributed by atoms with Crippen LogP contribution in [-0.2, 0) is 16.6 Å². The van der Waals surface area contributed by atoms with Gasteiger partial charge >= 0.3 is 5.97 Å². The van der Waals surface area contributed by atoms with Crippen molar-refractivity contribution in [3.63, 3.8) is 0 Å². The number of thioether (sulfide) groups is 2. The molecule has 0 unspecified atom stereocenters. The van der Waals surface area contributed by atoms with Gasteiger partial charge in [-0.3, -0.25) is 19.2 Å². The van der Waals surface area contributed by atoms with Crippen LogP contribution in [0.25, 0.3) is 0 Å². The maximum atomic E-state index is 12.8. The number of carboxylic acid groups (broad SMARTS) is 1. The normalized spacial score (nSPS) is 20.5. The van der Waals surface area contributed by atoms with Crippen LogP contribution in [0.2, 0.25) is 5.02 Å². The zero-order chi connectivity index (χ0) is 22.4. The molecule has 0 spiro atoms. The number of β-lactam (4-membered cyclic amide) rings is 1. The monoisotopic (exact) mass is 500 g/mol. The van der Waals surface area contributed by atoms with Crippen molar-refractivity contribution in [2.45, 2.75) is 29.6 Å². The zero-order valence-electron chi connectivity index (χ0n) is 16.6. The van der Waals surface area contributed by atoms with Gasteiger partial charge in [0.2, 0.25) is 0 Å². The summed E-state index contributed by atoms with van der Waals surface area (Å²) in [5.74, 6) is -1.34. The summed E-state index contributed by atoms with van der Waals surface area (Å²) in [4.78, 5) is 38.7. The molecule has 2 atom stereocenters. The number of rotatable bonds is 6. The highest BCUT2D eigenvalue weighted by Gasteiger charge is 2.54. The number of aryl methyl sites for hydroxylation is 3. The third-order valence-corrected chi connectivity index (χ3v) is 8.63. The zero-order valence-corrected chi connectivity index (χ0v) is 19.8. The molecule has 31 heavy (non-hydrogen) atoms. The van der Waals surface area contributed by atoms with E-state index in [-0.39, 0.29) is 16.4 Å². The third kappa shape index (κ3) is 3.95. The molecule has 0 aromatic carbocycles. The number of nitrogens with zero attached hydrogens (tertiary/aromatic N) is 5. The molecule has 2 aromatic heterocycles. The van der Waals surface area contributed by atoms with Gasteiger partial charge in [-0.2, -0.15) is 5.10 Å². The van der Waals surface area contributed by atoms with Crippen molar-refractivity contribution >= 4 is 64.2 Å². The minimum Gasteiger partial charge on any atom is -0.477 e. The van der Waals surface area contributed by atoms with Crippen molar-refractivity contribution in [1.29, 1.82) is 0 Å². The third-order valence-electron chi connectivity index (χ3n) is 4.78. The average Bonchev–Trinajstić information content (AvgIpc) is 3.25. The average molecular weight is 501 g/mol. The van der Waals surface area contributed by atoms with Gasteiger partial charge < -0.3 is 10.4 Å². The van der Waals surface area contributed by atoms with Gasteiger partial charge in [0.05, 0.1) is 10.7 Å². The molecule has 14 heteroatoms. The van der Waals surface area contributed by atoms with Crippen LogP contribution >= 0.6 is 46.5 Å². The second-order valence-electron chi connectivity index (χ2n) is 6.87. The minimum atomic E-state index is -1.17. The quantitative estimate of drug-likeness (QED) is 0.449. The van der Waals surface area contributed by atoms with Crippen LogP contribution in [0.1, 0.15) is 21.2 Å². The first-order chi connectivity index (χ1) is 14.7. The number of nitrogens with one attached hydrogen (secondary N) is 1. The van der Waals surface area contributed by atoms with Crippen LogP contribution in [-0.4, -0.2) is 70.7 Å². The van der Waals surface area contributed by atoms with E-state index < -0.39 is 29.2 Å². The Morgan fingerprint density at radius 3 is 2.68 bits per heavy atom. The minimum absolute atomic E-state index is 0.0256. The van der Waals surface area contributed by atoms with Crippen LogP contribution < -0.4 is 5.32 Å². The Morgan fingerprint density at radius 1 is 1.35 bits per heavy atom. The number of fused-ring (bicyclic) bond motifs is 1. The Morgan fingerprint density at radius 2 is 2.10 bits per heavy atom. The molecule has 0 saturated carbocycles. The number of aliphatic carboxylic acids is 1. The smallest absolute Gasteiger partial charge is 0.352 e. The Kier molecular flexibility index (Phi) is 6.03. The van der Waals surface area contributed by atoms with E-state index in [1.54, 1.807) is 14.0 Å². The van der Waals surface area contributed by atoms with Crippen molar-refractivity contribution in [2.75, 3.05) is 11.5 Å². The molecule has 2 amide bonds. The summed E-state index contributed by atoms with van der Waals surface area (Å²) in [5, 5.41) is 25.1. The topological polar surface area (TPSA) is 130 Å². The van der Waals surface area contributed by atoms with Gasteiger partial charge in [-0.25, -0.2) is 4.79 Å². The summed E-state index contributed by atoms with van der Waals surface area (Å²) in [6.45, 7) is 3.52. The summed E-state index contributed by atoms with van der Waals surface area (Å²) < 4.78 is 2.10. The predicted octanol–water partition coefficient (Wildman–Crippen LogP) is 1.69. The highest BCUT2D eigenvalue weighted by atomic mass is 35.5. The van der Waals surface area contributed by atoms with E-state index in [0.29, 0.717) is 22.8 Å². The Hall–Kier alpha value is -2.09. The van der Waals surface area contributed by atoms with Gasteiger partial charge in [-0.15, -0.1) is 22.0 Å². The van der Waals surface area contributed by atoms with Gasteiger partial charge in [0.15, 0.2) is 4.34 Å². The maximum absolute atomic E-state index is 12.8. The van der Waals surface area contributed by atoms with Crippen molar-refractivity contribution < 1.29 is 19.5 Å². The summed E-state index contributed by atoms with van der Waals surface area (Å²) in [6, 6.07) is -0.835. The summed E-state index contributed by atoms with van der Waals surface area (Å²) >= 11 is 10.4. The van der Waals surface area contributed by atoms with Crippen molar-refractivity contribution in [3.8, 4) is 0 Å². The molecule has 1 fully saturated rings. The van der Waals surface area contributed by atoms with E-state index in [1.165, 1.54) is 44.4 Å². The lowest BCUT2D eigenvalue weighted by Gasteiger charge is -2.49. The molecule has 0 aliphatic carbocycles. The lowest BCUT2D eigenvalue weighted by Crippen LogP contribution is -2.70. The van der Waals surface area contributed by atoms with E-state index in [4.69, 9.17) is 11.6 Å². The molecule has 2 aliphatic heterocycles. The number of carbonyl (C=O) groups excluding carboxylic acids is 2. The fourth-order valence-electron chi connectivity index (χ4n) is 3.37. The molecule has 2 aliphatic rings. The Balaban J connectivity index is 1.50. The summed E-state index contributed by atoms with van der Waals surface area (Å²) in [5.41, 5.74) is 1.27. The van der Waals surface area contributed by atoms with Crippen LogP contribution in [0, 0.1) is 13.8 Å². The van der Waals surface area contributed by atoms with Crippen LogP contribution in [0.5, 0.6) is 0 Å². The SMILES string of the molecule is Cc1nnc(SCC2=C(C(=O)O)N3C(=O)[C@@H](NC(=O)c4c(Cl)c(C)nn4C)[C@@H]3SC2)s1. The lowest BCUT2D eigenvalue weighted by molar-refractivity contribution is -0.148. The Labute approximate surface area is 194 Å². The molecule has 2 aromatic rings. The van der Waals surface area contributed by atoms with E-state index >= 15 is 0 Å². The Bertz CT molecular complexity index is 1130. The molecule has 1 saturated heterocycles. The van der Waals surface area contributed by atoms with Crippen LogP contribution in [0.15, 0.2) is 15.6 Å². The summed E-state index contributed by atoms with van der Waals surface area (Å²) in [7, 11) is 1.59. The first-order valence-electron chi connectivity index (χ1n) is 9.02. The largest absolute Gasteiger partial charge is 0.477 e. The number of halogens is 1.